The third kappa shape index (κ3) is 4.16. The van der Waals surface area contributed by atoms with Gasteiger partial charge < -0.3 is 14.6 Å². The number of amides is 1. The Bertz CT molecular complexity index is 971. The Labute approximate surface area is 164 Å². The van der Waals surface area contributed by atoms with Gasteiger partial charge in [-0.25, -0.2) is 9.97 Å². The molecule has 0 radical (unpaired) electrons. The number of hydrogen-bond acceptors (Lipinski definition) is 4. The molecule has 0 saturated heterocycles. The molecule has 26 heavy (non-hydrogen) atoms. The van der Waals surface area contributed by atoms with Gasteiger partial charge in [0, 0.05) is 41.6 Å². The summed E-state index contributed by atoms with van der Waals surface area (Å²) in [6.07, 6.45) is 5.06. The van der Waals surface area contributed by atoms with Crippen molar-refractivity contribution in [3.8, 4) is 5.75 Å². The highest BCUT2D eigenvalue weighted by Crippen LogP contribution is 2.25. The quantitative estimate of drug-likeness (QED) is 0.613. The first-order valence-corrected chi connectivity index (χ1v) is 9.10. The van der Waals surface area contributed by atoms with Crippen LogP contribution in [0.4, 0.5) is 0 Å². The maximum absolute atomic E-state index is 12.6. The van der Waals surface area contributed by atoms with Crippen LogP contribution in [-0.4, -0.2) is 32.6 Å². The minimum Gasteiger partial charge on any atom is -0.491 e. The number of nitrogens with one attached hydrogen (secondary N) is 1. The zero-order valence-electron chi connectivity index (χ0n) is 14.6. The molecule has 0 fully saturated rings. The number of carbonyl (C=O) groups excluding carboxylic acids is 1. The number of rotatable bonds is 5. The van der Waals surface area contributed by atoms with E-state index < -0.39 is 5.54 Å². The van der Waals surface area contributed by atoms with Crippen molar-refractivity contribution < 1.29 is 9.53 Å². The number of hydrogen-bond donors (Lipinski definition) is 1. The number of fused-ring (bicyclic) bond motifs is 1. The summed E-state index contributed by atoms with van der Waals surface area (Å²) < 4.78 is 8.51. The van der Waals surface area contributed by atoms with Crippen LogP contribution in [0.5, 0.6) is 5.75 Å². The summed E-state index contributed by atoms with van der Waals surface area (Å²) in [6, 6.07) is 5.17. The number of aromatic nitrogens is 3. The third-order valence-corrected chi connectivity index (χ3v) is 4.62. The Balaban J connectivity index is 1.70. The molecule has 1 amide bonds. The van der Waals surface area contributed by atoms with Crippen LogP contribution < -0.4 is 10.1 Å². The molecule has 8 heteroatoms. The van der Waals surface area contributed by atoms with Crippen molar-refractivity contribution in [1.82, 2.24) is 19.9 Å². The predicted octanol–water partition coefficient (Wildman–Crippen LogP) is 3.97. The normalized spacial score (nSPS) is 11.6. The molecule has 0 aromatic carbocycles. The maximum atomic E-state index is 12.6. The lowest BCUT2D eigenvalue weighted by molar-refractivity contribution is 0.0880. The lowest BCUT2D eigenvalue weighted by Gasteiger charge is -2.26. The molecule has 0 aliphatic carbocycles. The lowest BCUT2D eigenvalue weighted by atomic mass is 10.1. The molecule has 0 atom stereocenters. The van der Waals surface area contributed by atoms with E-state index in [9.17, 15) is 4.79 Å². The van der Waals surface area contributed by atoms with Crippen molar-refractivity contribution in [1.29, 1.82) is 0 Å². The fourth-order valence-corrected chi connectivity index (χ4v) is 3.26. The Hall–Kier alpha value is -2.12. The summed E-state index contributed by atoms with van der Waals surface area (Å²) in [6.45, 7) is 4.06. The lowest BCUT2D eigenvalue weighted by Crippen LogP contribution is -2.47. The van der Waals surface area contributed by atoms with Crippen LogP contribution in [0.2, 0.25) is 5.15 Å². The number of pyridine rings is 2. The monoisotopic (exact) mass is 436 g/mol. The van der Waals surface area contributed by atoms with E-state index in [0.29, 0.717) is 16.5 Å². The van der Waals surface area contributed by atoms with E-state index in [0.717, 1.165) is 15.5 Å². The van der Waals surface area contributed by atoms with Crippen LogP contribution in [0, 0.1) is 0 Å². The van der Waals surface area contributed by atoms with Gasteiger partial charge in [-0.15, -0.1) is 0 Å². The highest BCUT2D eigenvalue weighted by atomic mass is 79.9. The zero-order valence-corrected chi connectivity index (χ0v) is 16.9. The highest BCUT2D eigenvalue weighted by molar-refractivity contribution is 9.10. The highest BCUT2D eigenvalue weighted by Gasteiger charge is 2.23. The molecule has 0 bridgehead atoms. The van der Waals surface area contributed by atoms with Crippen LogP contribution in [0.25, 0.3) is 11.0 Å². The van der Waals surface area contributed by atoms with Crippen molar-refractivity contribution in [2.75, 3.05) is 6.61 Å². The van der Waals surface area contributed by atoms with E-state index in [-0.39, 0.29) is 12.5 Å². The number of aryl methyl sites for hydroxylation is 1. The molecule has 0 spiro atoms. The largest absolute Gasteiger partial charge is 0.491 e. The molecule has 0 aliphatic rings. The van der Waals surface area contributed by atoms with Crippen LogP contribution in [0.15, 0.2) is 41.3 Å². The van der Waals surface area contributed by atoms with Gasteiger partial charge in [0.1, 0.15) is 23.2 Å². The molecule has 0 aliphatic heterocycles. The van der Waals surface area contributed by atoms with Crippen LogP contribution in [0.1, 0.15) is 24.2 Å². The molecular weight excluding hydrogens is 420 g/mol. The van der Waals surface area contributed by atoms with Crippen molar-refractivity contribution in [2.24, 2.45) is 7.05 Å². The van der Waals surface area contributed by atoms with Crippen LogP contribution >= 0.6 is 27.5 Å². The molecule has 3 heterocycles. The van der Waals surface area contributed by atoms with Crippen molar-refractivity contribution >= 4 is 44.5 Å². The van der Waals surface area contributed by atoms with Crippen molar-refractivity contribution in [3.05, 3.63) is 52.0 Å². The molecule has 1 N–H and O–H groups in total. The minimum atomic E-state index is -0.588. The van der Waals surface area contributed by atoms with Crippen LogP contribution in [-0.2, 0) is 7.05 Å². The van der Waals surface area contributed by atoms with Gasteiger partial charge in [-0.05, 0) is 41.9 Å². The second-order valence-electron chi connectivity index (χ2n) is 6.62. The van der Waals surface area contributed by atoms with E-state index in [1.54, 1.807) is 24.5 Å². The molecule has 6 nitrogen and oxygen atoms in total. The fourth-order valence-electron chi connectivity index (χ4n) is 2.49. The smallest absolute Gasteiger partial charge is 0.253 e. The van der Waals surface area contributed by atoms with E-state index in [2.05, 4.69) is 31.2 Å². The van der Waals surface area contributed by atoms with E-state index in [1.807, 2.05) is 37.7 Å². The predicted molar refractivity (Wildman–Crippen MR) is 105 cm³/mol. The molecule has 3 aromatic heterocycles. The fraction of sp³-hybridized carbons (Fsp3) is 0.278. The van der Waals surface area contributed by atoms with Gasteiger partial charge in [0.05, 0.1) is 11.1 Å². The summed E-state index contributed by atoms with van der Waals surface area (Å²) in [5.41, 5.74) is 0.713. The summed E-state index contributed by atoms with van der Waals surface area (Å²) in [7, 11) is 1.91. The first-order chi connectivity index (χ1) is 12.2. The Morgan fingerprint density at radius 2 is 2.15 bits per heavy atom. The van der Waals surface area contributed by atoms with Gasteiger partial charge in [0.15, 0.2) is 0 Å². The van der Waals surface area contributed by atoms with Gasteiger partial charge in [0.25, 0.3) is 5.91 Å². The second-order valence-corrected chi connectivity index (χ2v) is 7.87. The number of halogens is 2. The standard InChI is InChI=1S/C18H18BrClN4O2/c1-18(2,10-26-12-4-5-21-15(20)7-12)23-17(25)11-6-13-14(19)9-24(3)16(13)22-8-11/h4-9H,10H2,1-3H3,(H,23,25). The van der Waals surface area contributed by atoms with E-state index in [4.69, 9.17) is 16.3 Å². The summed E-state index contributed by atoms with van der Waals surface area (Å²) in [5, 5.41) is 4.22. The van der Waals surface area contributed by atoms with Gasteiger partial charge in [-0.3, -0.25) is 4.79 Å². The number of carbonyl (C=O) groups is 1. The average Bonchev–Trinajstić information content (AvgIpc) is 2.87. The Morgan fingerprint density at radius 1 is 1.38 bits per heavy atom. The van der Waals surface area contributed by atoms with Gasteiger partial charge in [-0.2, -0.15) is 0 Å². The third-order valence-electron chi connectivity index (χ3n) is 3.78. The molecule has 3 rings (SSSR count). The minimum absolute atomic E-state index is 0.212. The Morgan fingerprint density at radius 3 is 2.88 bits per heavy atom. The second kappa shape index (κ2) is 7.25. The first-order valence-electron chi connectivity index (χ1n) is 7.93. The van der Waals surface area contributed by atoms with Crippen molar-refractivity contribution in [2.45, 2.75) is 19.4 Å². The molecular formula is C18H18BrClN4O2. The molecule has 136 valence electrons. The van der Waals surface area contributed by atoms with E-state index in [1.165, 1.54) is 0 Å². The maximum Gasteiger partial charge on any atom is 0.253 e. The summed E-state index contributed by atoms with van der Waals surface area (Å²) in [4.78, 5) is 20.9. The van der Waals surface area contributed by atoms with E-state index >= 15 is 0 Å². The topological polar surface area (TPSA) is 69.0 Å². The summed E-state index contributed by atoms with van der Waals surface area (Å²) >= 11 is 9.34. The van der Waals surface area contributed by atoms with Crippen LogP contribution in [0.3, 0.4) is 0 Å². The number of ether oxygens (including phenoxy) is 1. The average molecular weight is 438 g/mol. The molecule has 0 saturated carbocycles. The van der Waals surface area contributed by atoms with Crippen molar-refractivity contribution in [3.63, 3.8) is 0 Å². The van der Waals surface area contributed by atoms with Gasteiger partial charge in [-0.1, -0.05) is 11.6 Å². The van der Waals surface area contributed by atoms with Gasteiger partial charge in [0.2, 0.25) is 0 Å². The first kappa shape index (κ1) is 18.7. The SMILES string of the molecule is Cn1cc(Br)c2cc(C(=O)NC(C)(C)COc3ccnc(Cl)c3)cnc21. The summed E-state index contributed by atoms with van der Waals surface area (Å²) in [5.74, 6) is 0.389. The zero-order chi connectivity index (χ0) is 18.9. The van der Waals surface area contributed by atoms with Gasteiger partial charge >= 0.3 is 0 Å². The molecule has 3 aromatic rings. The molecule has 0 unspecified atom stereocenters. The number of nitrogens with zero attached hydrogens (tertiary/aromatic N) is 3. The Kier molecular flexibility index (Phi) is 5.20.